The van der Waals surface area contributed by atoms with Gasteiger partial charge in [0.25, 0.3) is 0 Å². The second kappa shape index (κ2) is 8.48. The lowest BCUT2D eigenvalue weighted by Crippen LogP contribution is -2.22. The third-order valence-electron chi connectivity index (χ3n) is 3.05. The summed E-state index contributed by atoms with van der Waals surface area (Å²) in [5.74, 6) is -0.381. The lowest BCUT2D eigenvalue weighted by molar-refractivity contribution is -0.120. The molecule has 2 aromatic carbocycles. The lowest BCUT2D eigenvalue weighted by Gasteiger charge is -2.05. The molecule has 0 spiro atoms. The van der Waals surface area contributed by atoms with Crippen molar-refractivity contribution in [2.24, 2.45) is 5.10 Å². The first-order valence-electron chi connectivity index (χ1n) is 7.34. The van der Waals surface area contributed by atoms with Gasteiger partial charge in [0.1, 0.15) is 0 Å². The average molecular weight is 309 g/mol. The molecule has 0 aromatic heterocycles. The van der Waals surface area contributed by atoms with Gasteiger partial charge < -0.3 is 5.32 Å². The molecule has 5 heteroatoms. The number of hydrogen-bond acceptors (Lipinski definition) is 3. The van der Waals surface area contributed by atoms with E-state index in [4.69, 9.17) is 0 Å². The van der Waals surface area contributed by atoms with Gasteiger partial charge in [0.15, 0.2) is 0 Å². The highest BCUT2D eigenvalue weighted by Gasteiger charge is 2.06. The minimum atomic E-state index is -0.209. The van der Waals surface area contributed by atoms with Crippen molar-refractivity contribution in [2.75, 3.05) is 5.32 Å². The van der Waals surface area contributed by atoms with Crippen LogP contribution in [0.3, 0.4) is 0 Å². The number of para-hydroxylation sites is 1. The molecule has 0 fully saturated rings. The van der Waals surface area contributed by atoms with Gasteiger partial charge in [-0.05, 0) is 24.6 Å². The van der Waals surface area contributed by atoms with Gasteiger partial charge in [0, 0.05) is 11.4 Å². The maximum atomic E-state index is 11.9. The SMILES string of the molecule is C/C(CC(=O)Nc1ccccc1)=N\NC(=O)Cc1ccccc1. The number of hydrogen-bond donors (Lipinski definition) is 2. The number of amides is 2. The van der Waals surface area contributed by atoms with E-state index >= 15 is 0 Å². The van der Waals surface area contributed by atoms with E-state index in [1.807, 2.05) is 60.7 Å². The highest BCUT2D eigenvalue weighted by molar-refractivity contribution is 6.05. The summed E-state index contributed by atoms with van der Waals surface area (Å²) in [5, 5.41) is 6.73. The van der Waals surface area contributed by atoms with E-state index in [2.05, 4.69) is 15.8 Å². The number of carbonyl (C=O) groups is 2. The van der Waals surface area contributed by atoms with Crippen LogP contribution in [0.5, 0.6) is 0 Å². The van der Waals surface area contributed by atoms with Gasteiger partial charge in [-0.2, -0.15) is 5.10 Å². The average Bonchev–Trinajstić information content (AvgIpc) is 2.55. The van der Waals surface area contributed by atoms with E-state index in [1.165, 1.54) is 0 Å². The van der Waals surface area contributed by atoms with E-state index in [-0.39, 0.29) is 24.7 Å². The van der Waals surface area contributed by atoms with Crippen LogP contribution < -0.4 is 10.7 Å². The molecule has 2 N–H and O–H groups in total. The summed E-state index contributed by atoms with van der Waals surface area (Å²) in [6.45, 7) is 1.70. The molecule has 0 saturated heterocycles. The van der Waals surface area contributed by atoms with Crippen molar-refractivity contribution in [2.45, 2.75) is 19.8 Å². The smallest absolute Gasteiger partial charge is 0.244 e. The molecule has 0 unspecified atom stereocenters. The number of hydrazone groups is 1. The van der Waals surface area contributed by atoms with Crippen LogP contribution in [0.25, 0.3) is 0 Å². The van der Waals surface area contributed by atoms with Gasteiger partial charge >= 0.3 is 0 Å². The zero-order valence-electron chi connectivity index (χ0n) is 13.0. The fourth-order valence-corrected chi connectivity index (χ4v) is 1.98. The summed E-state index contributed by atoms with van der Waals surface area (Å²) in [7, 11) is 0. The van der Waals surface area contributed by atoms with E-state index < -0.39 is 0 Å². The second-order valence-electron chi connectivity index (χ2n) is 5.14. The van der Waals surface area contributed by atoms with Crippen LogP contribution in [0.1, 0.15) is 18.9 Å². The largest absolute Gasteiger partial charge is 0.326 e. The molecule has 0 heterocycles. The van der Waals surface area contributed by atoms with Crippen molar-refractivity contribution >= 4 is 23.2 Å². The molecule has 2 aromatic rings. The molecular formula is C18H19N3O2. The van der Waals surface area contributed by atoms with Gasteiger partial charge in [-0.3, -0.25) is 9.59 Å². The summed E-state index contributed by atoms with van der Waals surface area (Å²) >= 11 is 0. The fraction of sp³-hybridized carbons (Fsp3) is 0.167. The quantitative estimate of drug-likeness (QED) is 0.636. The molecule has 0 aliphatic heterocycles. The summed E-state index contributed by atoms with van der Waals surface area (Å²) in [6.07, 6.45) is 0.383. The van der Waals surface area contributed by atoms with E-state index in [1.54, 1.807) is 6.92 Å². The van der Waals surface area contributed by atoms with Gasteiger partial charge in [-0.1, -0.05) is 48.5 Å². The summed E-state index contributed by atoms with van der Waals surface area (Å²) in [5.41, 5.74) is 4.66. The topological polar surface area (TPSA) is 70.6 Å². The van der Waals surface area contributed by atoms with Crippen LogP contribution in [0, 0.1) is 0 Å². The summed E-state index contributed by atoms with van der Waals surface area (Å²) in [4.78, 5) is 23.6. The van der Waals surface area contributed by atoms with E-state index in [9.17, 15) is 9.59 Å². The Kier molecular flexibility index (Phi) is 6.06. The molecule has 0 saturated carbocycles. The maximum absolute atomic E-state index is 11.9. The minimum Gasteiger partial charge on any atom is -0.326 e. The standard InChI is InChI=1S/C18H19N3O2/c1-14(12-17(22)19-16-10-6-3-7-11-16)20-21-18(23)13-15-8-4-2-5-9-15/h2-11H,12-13H2,1H3,(H,19,22)(H,21,23)/b20-14+. The summed E-state index contributed by atoms with van der Waals surface area (Å²) in [6, 6.07) is 18.6. The maximum Gasteiger partial charge on any atom is 0.244 e. The van der Waals surface area contributed by atoms with Crippen molar-refractivity contribution in [3.05, 3.63) is 66.2 Å². The Morgan fingerprint density at radius 2 is 1.52 bits per heavy atom. The van der Waals surface area contributed by atoms with Crippen molar-refractivity contribution in [3.8, 4) is 0 Å². The van der Waals surface area contributed by atoms with Crippen molar-refractivity contribution in [3.63, 3.8) is 0 Å². The number of nitrogens with zero attached hydrogens (tertiary/aromatic N) is 1. The molecule has 118 valence electrons. The lowest BCUT2D eigenvalue weighted by atomic mass is 10.1. The van der Waals surface area contributed by atoms with Gasteiger partial charge in [0.05, 0.1) is 12.8 Å². The number of rotatable bonds is 6. The first-order chi connectivity index (χ1) is 11.1. The Bertz CT molecular complexity index is 682. The monoisotopic (exact) mass is 309 g/mol. The van der Waals surface area contributed by atoms with Crippen LogP contribution in [0.4, 0.5) is 5.69 Å². The van der Waals surface area contributed by atoms with Crippen LogP contribution in [-0.4, -0.2) is 17.5 Å². The van der Waals surface area contributed by atoms with Crippen molar-refractivity contribution in [1.29, 1.82) is 0 Å². The molecule has 0 bridgehead atoms. The first kappa shape index (κ1) is 16.4. The normalized spacial score (nSPS) is 10.9. The minimum absolute atomic E-state index is 0.126. The number of anilines is 1. The molecule has 23 heavy (non-hydrogen) atoms. The number of benzene rings is 2. The predicted octanol–water partition coefficient (Wildman–Crippen LogP) is 2.75. The molecule has 5 nitrogen and oxygen atoms in total. The Morgan fingerprint density at radius 1 is 0.913 bits per heavy atom. The number of nitrogens with one attached hydrogen (secondary N) is 2. The number of carbonyl (C=O) groups excluding carboxylic acids is 2. The zero-order valence-corrected chi connectivity index (χ0v) is 13.0. The van der Waals surface area contributed by atoms with Crippen molar-refractivity contribution < 1.29 is 9.59 Å². The Labute approximate surface area is 135 Å². The van der Waals surface area contributed by atoms with Crippen LogP contribution in [0.2, 0.25) is 0 Å². The molecule has 0 atom stereocenters. The third kappa shape index (κ3) is 6.13. The highest BCUT2D eigenvalue weighted by atomic mass is 16.2. The zero-order chi connectivity index (χ0) is 16.5. The predicted molar refractivity (Wildman–Crippen MR) is 91.1 cm³/mol. The molecule has 0 aliphatic rings. The van der Waals surface area contributed by atoms with Crippen LogP contribution in [0.15, 0.2) is 65.8 Å². The van der Waals surface area contributed by atoms with Crippen LogP contribution in [-0.2, 0) is 16.0 Å². The Hall–Kier alpha value is -2.95. The molecule has 2 rings (SSSR count). The van der Waals surface area contributed by atoms with Crippen molar-refractivity contribution in [1.82, 2.24) is 5.43 Å². The van der Waals surface area contributed by atoms with E-state index in [0.29, 0.717) is 5.71 Å². The fourth-order valence-electron chi connectivity index (χ4n) is 1.98. The van der Waals surface area contributed by atoms with Gasteiger partial charge in [-0.25, -0.2) is 5.43 Å². The Balaban J connectivity index is 1.78. The second-order valence-corrected chi connectivity index (χ2v) is 5.14. The van der Waals surface area contributed by atoms with E-state index in [0.717, 1.165) is 11.3 Å². The molecular weight excluding hydrogens is 290 g/mol. The molecule has 0 aliphatic carbocycles. The molecule has 0 radical (unpaired) electrons. The first-order valence-corrected chi connectivity index (χ1v) is 7.34. The van der Waals surface area contributed by atoms with Gasteiger partial charge in [0.2, 0.25) is 11.8 Å². The summed E-state index contributed by atoms with van der Waals surface area (Å²) < 4.78 is 0. The van der Waals surface area contributed by atoms with Gasteiger partial charge in [-0.15, -0.1) is 0 Å². The highest BCUT2D eigenvalue weighted by Crippen LogP contribution is 2.05. The third-order valence-corrected chi connectivity index (χ3v) is 3.05. The van der Waals surface area contributed by atoms with Crippen LogP contribution >= 0.6 is 0 Å². The molecule has 2 amide bonds. The Morgan fingerprint density at radius 3 is 2.17 bits per heavy atom.